The van der Waals surface area contributed by atoms with E-state index in [1.807, 2.05) is 13.0 Å². The molecule has 0 aliphatic rings. The smallest absolute Gasteiger partial charge is 0.261 e. The van der Waals surface area contributed by atoms with Gasteiger partial charge in [0.1, 0.15) is 5.82 Å². The topological polar surface area (TPSA) is 34.9 Å². The van der Waals surface area contributed by atoms with Crippen molar-refractivity contribution in [3.63, 3.8) is 0 Å². The first-order chi connectivity index (χ1) is 10.1. The van der Waals surface area contributed by atoms with E-state index in [1.165, 1.54) is 23.0 Å². The van der Waals surface area contributed by atoms with Crippen molar-refractivity contribution in [3.05, 3.63) is 75.0 Å². The van der Waals surface area contributed by atoms with Gasteiger partial charge in [-0.1, -0.05) is 29.8 Å². The molecule has 0 saturated heterocycles. The maximum absolute atomic E-state index is 13.8. The molecule has 0 radical (unpaired) electrons. The molecule has 0 unspecified atom stereocenters. The molecule has 3 nitrogen and oxygen atoms in total. The Bertz CT molecular complexity index is 869. The van der Waals surface area contributed by atoms with Crippen LogP contribution in [0.1, 0.15) is 11.1 Å². The van der Waals surface area contributed by atoms with Gasteiger partial charge in [0, 0.05) is 10.6 Å². The molecule has 0 aliphatic carbocycles. The third-order valence-electron chi connectivity index (χ3n) is 3.45. The van der Waals surface area contributed by atoms with Gasteiger partial charge in [-0.25, -0.2) is 9.37 Å². The van der Waals surface area contributed by atoms with Crippen LogP contribution in [0.2, 0.25) is 5.02 Å². The number of nitrogens with zero attached hydrogens (tertiary/aromatic N) is 2. The highest BCUT2D eigenvalue weighted by atomic mass is 35.5. The molecule has 3 rings (SSSR count). The molecule has 0 fully saturated rings. The normalized spacial score (nSPS) is 11.0. The predicted octanol–water partition coefficient (Wildman–Crippen LogP) is 3.55. The minimum atomic E-state index is -0.432. The molecule has 0 spiro atoms. The summed E-state index contributed by atoms with van der Waals surface area (Å²) in [5, 5.41) is 0.816. The van der Waals surface area contributed by atoms with Gasteiger partial charge in [0.15, 0.2) is 0 Å². The first kappa shape index (κ1) is 13.8. The standard InChI is InChI=1S/C16H12ClFN2O/c1-10-4-2-5-11-15(10)19-9-20(16(11)21)8-12-13(17)6-3-7-14(12)18/h2-7,9H,8H2,1H3. The molecule has 0 N–H and O–H groups in total. The molecule has 0 amide bonds. The second-order valence-corrected chi connectivity index (χ2v) is 5.26. The Balaban J connectivity index is 2.14. The summed E-state index contributed by atoms with van der Waals surface area (Å²) in [7, 11) is 0. The van der Waals surface area contributed by atoms with Crippen LogP contribution in [0.25, 0.3) is 10.9 Å². The molecule has 106 valence electrons. The van der Waals surface area contributed by atoms with Crippen LogP contribution < -0.4 is 5.56 Å². The second kappa shape index (κ2) is 5.30. The molecule has 0 bridgehead atoms. The van der Waals surface area contributed by atoms with E-state index >= 15 is 0 Å². The number of rotatable bonds is 2. The van der Waals surface area contributed by atoms with Crippen molar-refractivity contribution in [2.75, 3.05) is 0 Å². The van der Waals surface area contributed by atoms with Crippen molar-refractivity contribution in [2.45, 2.75) is 13.5 Å². The van der Waals surface area contributed by atoms with Gasteiger partial charge in [-0.2, -0.15) is 0 Å². The minimum Gasteiger partial charge on any atom is -0.294 e. The number of para-hydroxylation sites is 1. The highest BCUT2D eigenvalue weighted by Crippen LogP contribution is 2.20. The summed E-state index contributed by atoms with van der Waals surface area (Å²) in [5.41, 5.74) is 1.68. The van der Waals surface area contributed by atoms with E-state index in [9.17, 15) is 9.18 Å². The maximum atomic E-state index is 13.8. The van der Waals surface area contributed by atoms with Crippen molar-refractivity contribution >= 4 is 22.5 Å². The lowest BCUT2D eigenvalue weighted by Crippen LogP contribution is -2.22. The Kier molecular flexibility index (Phi) is 3.47. The van der Waals surface area contributed by atoms with E-state index in [2.05, 4.69) is 4.98 Å². The van der Waals surface area contributed by atoms with Crippen LogP contribution in [0.4, 0.5) is 4.39 Å². The van der Waals surface area contributed by atoms with Crippen LogP contribution in [-0.2, 0) is 6.54 Å². The molecular formula is C16H12ClFN2O. The predicted molar refractivity (Wildman–Crippen MR) is 81.3 cm³/mol. The van der Waals surface area contributed by atoms with Gasteiger partial charge < -0.3 is 0 Å². The molecular weight excluding hydrogens is 291 g/mol. The maximum Gasteiger partial charge on any atom is 0.261 e. The van der Waals surface area contributed by atoms with Gasteiger partial charge in [0.05, 0.1) is 23.8 Å². The number of aromatic nitrogens is 2. The number of aryl methyl sites for hydroxylation is 1. The Morgan fingerprint density at radius 3 is 2.76 bits per heavy atom. The highest BCUT2D eigenvalue weighted by molar-refractivity contribution is 6.31. The summed E-state index contributed by atoms with van der Waals surface area (Å²) in [6, 6.07) is 9.88. The third kappa shape index (κ3) is 2.43. The quantitative estimate of drug-likeness (QED) is 0.725. The van der Waals surface area contributed by atoms with E-state index in [0.717, 1.165) is 5.56 Å². The first-order valence-electron chi connectivity index (χ1n) is 6.45. The SMILES string of the molecule is Cc1cccc2c(=O)n(Cc3c(F)cccc3Cl)cnc12. The molecule has 1 aromatic heterocycles. The number of fused-ring (bicyclic) bond motifs is 1. The second-order valence-electron chi connectivity index (χ2n) is 4.85. The Morgan fingerprint density at radius 2 is 2.00 bits per heavy atom. The molecule has 0 atom stereocenters. The zero-order chi connectivity index (χ0) is 15.0. The summed E-state index contributed by atoms with van der Waals surface area (Å²) in [4.78, 5) is 16.8. The Hall–Kier alpha value is -2.20. The zero-order valence-corrected chi connectivity index (χ0v) is 12.1. The van der Waals surface area contributed by atoms with Crippen LogP contribution >= 0.6 is 11.6 Å². The van der Waals surface area contributed by atoms with Crippen LogP contribution in [0, 0.1) is 12.7 Å². The van der Waals surface area contributed by atoms with Crippen LogP contribution in [-0.4, -0.2) is 9.55 Å². The number of halogens is 2. The lowest BCUT2D eigenvalue weighted by Gasteiger charge is -2.10. The van der Waals surface area contributed by atoms with E-state index in [4.69, 9.17) is 11.6 Å². The largest absolute Gasteiger partial charge is 0.294 e. The fraction of sp³-hybridized carbons (Fsp3) is 0.125. The summed E-state index contributed by atoms with van der Waals surface area (Å²) >= 11 is 6.00. The molecule has 5 heteroatoms. The number of hydrogen-bond donors (Lipinski definition) is 0. The lowest BCUT2D eigenvalue weighted by atomic mass is 10.1. The van der Waals surface area contributed by atoms with Gasteiger partial charge >= 0.3 is 0 Å². The fourth-order valence-corrected chi connectivity index (χ4v) is 2.53. The van der Waals surface area contributed by atoms with Crippen molar-refractivity contribution in [2.24, 2.45) is 0 Å². The summed E-state index contributed by atoms with van der Waals surface area (Å²) < 4.78 is 15.2. The highest BCUT2D eigenvalue weighted by Gasteiger charge is 2.11. The van der Waals surface area contributed by atoms with Crippen LogP contribution in [0.5, 0.6) is 0 Å². The van der Waals surface area contributed by atoms with E-state index in [1.54, 1.807) is 18.2 Å². The van der Waals surface area contributed by atoms with Gasteiger partial charge in [0.25, 0.3) is 5.56 Å². The van der Waals surface area contributed by atoms with E-state index in [-0.39, 0.29) is 17.7 Å². The van der Waals surface area contributed by atoms with Crippen molar-refractivity contribution in [1.82, 2.24) is 9.55 Å². The van der Waals surface area contributed by atoms with Crippen molar-refractivity contribution in [1.29, 1.82) is 0 Å². The summed E-state index contributed by atoms with van der Waals surface area (Å²) in [6.07, 6.45) is 1.43. The number of hydrogen-bond acceptors (Lipinski definition) is 2. The molecule has 0 aliphatic heterocycles. The monoisotopic (exact) mass is 302 g/mol. The van der Waals surface area contributed by atoms with E-state index < -0.39 is 5.82 Å². The average molecular weight is 303 g/mol. The summed E-state index contributed by atoms with van der Waals surface area (Å²) in [6.45, 7) is 1.95. The zero-order valence-electron chi connectivity index (χ0n) is 11.3. The Labute approximate surface area is 125 Å². The summed E-state index contributed by atoms with van der Waals surface area (Å²) in [5.74, 6) is -0.432. The van der Waals surface area contributed by atoms with Crippen LogP contribution in [0.15, 0.2) is 47.5 Å². The lowest BCUT2D eigenvalue weighted by molar-refractivity contribution is 0.595. The van der Waals surface area contributed by atoms with Crippen LogP contribution in [0.3, 0.4) is 0 Å². The fourth-order valence-electron chi connectivity index (χ4n) is 2.30. The molecule has 21 heavy (non-hydrogen) atoms. The van der Waals surface area contributed by atoms with E-state index in [0.29, 0.717) is 15.9 Å². The molecule has 0 saturated carbocycles. The first-order valence-corrected chi connectivity index (χ1v) is 6.83. The Morgan fingerprint density at radius 1 is 1.24 bits per heavy atom. The van der Waals surface area contributed by atoms with Gasteiger partial charge in [-0.05, 0) is 30.7 Å². The van der Waals surface area contributed by atoms with Crippen molar-refractivity contribution in [3.8, 4) is 0 Å². The molecule has 2 aromatic carbocycles. The molecule has 1 heterocycles. The van der Waals surface area contributed by atoms with Gasteiger partial charge in [-0.3, -0.25) is 9.36 Å². The number of benzene rings is 2. The average Bonchev–Trinajstić information content (AvgIpc) is 2.46. The molecule has 3 aromatic rings. The minimum absolute atomic E-state index is 0.0568. The van der Waals surface area contributed by atoms with Crippen molar-refractivity contribution < 1.29 is 4.39 Å². The third-order valence-corrected chi connectivity index (χ3v) is 3.80. The van der Waals surface area contributed by atoms with Gasteiger partial charge in [-0.15, -0.1) is 0 Å². The van der Waals surface area contributed by atoms with Gasteiger partial charge in [0.2, 0.25) is 0 Å².